The van der Waals surface area contributed by atoms with Gasteiger partial charge in [-0.05, 0) is 29.9 Å². The van der Waals surface area contributed by atoms with Crippen molar-refractivity contribution in [2.45, 2.75) is 46.2 Å². The highest BCUT2D eigenvalue weighted by Crippen LogP contribution is 2.06. The Morgan fingerprint density at radius 3 is 1.89 bits per heavy atom. The molecule has 0 saturated carbocycles. The minimum atomic E-state index is -1.24. The second kappa shape index (κ2) is 21.6. The summed E-state index contributed by atoms with van der Waals surface area (Å²) in [4.78, 5) is 82.5. The normalized spacial score (nSPS) is 11.9. The molecule has 1 rings (SSSR count). The molecule has 0 aliphatic carbocycles. The molecule has 1 aromatic carbocycles. The van der Waals surface area contributed by atoms with E-state index < -0.39 is 55.5 Å². The van der Waals surface area contributed by atoms with Gasteiger partial charge in [-0.15, -0.1) is 5.06 Å². The largest absolute Gasteiger partial charge is 0.480 e. The van der Waals surface area contributed by atoms with E-state index >= 15 is 0 Å². The van der Waals surface area contributed by atoms with Crippen molar-refractivity contribution >= 4 is 35.7 Å². The summed E-state index contributed by atoms with van der Waals surface area (Å²) in [6.45, 7) is 3.64. The van der Waals surface area contributed by atoms with E-state index in [1.807, 2.05) is 38.1 Å². The molecule has 258 valence electrons. The van der Waals surface area contributed by atoms with E-state index in [4.69, 9.17) is 30.7 Å². The van der Waals surface area contributed by atoms with Crippen molar-refractivity contribution in [3.63, 3.8) is 0 Å². The number of aliphatic carboxylic acids is 3. The van der Waals surface area contributed by atoms with Gasteiger partial charge in [-0.2, -0.15) is 0 Å². The van der Waals surface area contributed by atoms with Gasteiger partial charge in [0.05, 0.1) is 32.3 Å². The molecule has 0 aliphatic heterocycles. The number of carbonyl (C=O) groups is 6. The van der Waals surface area contributed by atoms with Crippen molar-refractivity contribution in [3.8, 4) is 0 Å². The molecular formula is C29H46N6O11. The molecule has 46 heavy (non-hydrogen) atoms. The molecule has 0 bridgehead atoms. The van der Waals surface area contributed by atoms with Crippen LogP contribution in [0, 0.1) is 5.92 Å². The lowest BCUT2D eigenvalue weighted by Gasteiger charge is -2.27. The molecule has 2 amide bonds. The fraction of sp³-hybridized carbons (Fsp3) is 0.586. The zero-order valence-electron chi connectivity index (χ0n) is 26.5. The number of benzene rings is 1. The van der Waals surface area contributed by atoms with Crippen molar-refractivity contribution in [2.24, 2.45) is 11.7 Å². The van der Waals surface area contributed by atoms with Gasteiger partial charge in [-0.3, -0.25) is 43.4 Å². The molecule has 0 heterocycles. The molecule has 17 nitrogen and oxygen atoms in total. The minimum absolute atomic E-state index is 0.0159. The van der Waals surface area contributed by atoms with Crippen LogP contribution < -0.4 is 16.5 Å². The molecule has 0 aromatic heterocycles. The van der Waals surface area contributed by atoms with Crippen molar-refractivity contribution in [1.29, 1.82) is 0 Å². The summed E-state index contributed by atoms with van der Waals surface area (Å²) in [5.41, 5.74) is 9.92. The third-order valence-electron chi connectivity index (χ3n) is 6.29. The maximum Gasteiger partial charge on any atom is 0.322 e. The lowest BCUT2D eigenvalue weighted by molar-refractivity contribution is -0.192. The van der Waals surface area contributed by atoms with Crippen LogP contribution in [0.1, 0.15) is 38.3 Å². The average Bonchev–Trinajstić information content (AvgIpc) is 2.94. The Morgan fingerprint density at radius 1 is 0.804 bits per heavy atom. The van der Waals surface area contributed by atoms with Gasteiger partial charge in [0.2, 0.25) is 5.91 Å². The van der Waals surface area contributed by atoms with Gasteiger partial charge in [-0.1, -0.05) is 38.1 Å². The number of carbonyl (C=O) groups excluding carboxylic acids is 3. The number of carboxylic acids is 3. The monoisotopic (exact) mass is 654 g/mol. The fourth-order valence-corrected chi connectivity index (χ4v) is 4.16. The lowest BCUT2D eigenvalue weighted by atomic mass is 10.0. The van der Waals surface area contributed by atoms with E-state index in [0.29, 0.717) is 12.8 Å². The first-order valence-corrected chi connectivity index (χ1v) is 14.7. The maximum atomic E-state index is 12.8. The van der Waals surface area contributed by atoms with Gasteiger partial charge in [0, 0.05) is 39.6 Å². The van der Waals surface area contributed by atoms with Crippen molar-refractivity contribution in [2.75, 3.05) is 59.0 Å². The van der Waals surface area contributed by atoms with Gasteiger partial charge in [0.25, 0.3) is 5.91 Å². The highest BCUT2D eigenvalue weighted by molar-refractivity contribution is 5.80. The summed E-state index contributed by atoms with van der Waals surface area (Å²) in [5.74, 6) is -4.91. The zero-order chi connectivity index (χ0) is 34.6. The summed E-state index contributed by atoms with van der Waals surface area (Å²) in [6.07, 6.45) is 1.07. The number of nitrogens with zero attached hydrogens (tertiary/aromatic N) is 3. The summed E-state index contributed by atoms with van der Waals surface area (Å²) >= 11 is 0. The topological polar surface area (TPSA) is 241 Å². The predicted molar refractivity (Wildman–Crippen MR) is 163 cm³/mol. The number of rotatable bonds is 24. The molecule has 7 N–H and O–H groups in total. The molecule has 1 atom stereocenters. The summed E-state index contributed by atoms with van der Waals surface area (Å²) in [6, 6.07) is 6.72. The molecule has 0 fully saturated rings. The van der Waals surface area contributed by atoms with Crippen LogP contribution in [0.25, 0.3) is 0 Å². The van der Waals surface area contributed by atoms with Gasteiger partial charge in [0.1, 0.15) is 6.54 Å². The Bertz CT molecular complexity index is 1080. The van der Waals surface area contributed by atoms with Crippen LogP contribution in [-0.4, -0.2) is 131 Å². The van der Waals surface area contributed by atoms with E-state index in [0.717, 1.165) is 23.1 Å². The maximum absolute atomic E-state index is 12.8. The zero-order valence-corrected chi connectivity index (χ0v) is 26.5. The number of nitrogens with two attached hydrogens (primary N) is 1. The number of carboxylic acid groups (broad SMARTS) is 3. The molecular weight excluding hydrogens is 608 g/mol. The van der Waals surface area contributed by atoms with Gasteiger partial charge < -0.3 is 31.2 Å². The van der Waals surface area contributed by atoms with Crippen molar-refractivity contribution < 1.29 is 53.8 Å². The Labute approximate surface area is 267 Å². The highest BCUT2D eigenvalue weighted by Gasteiger charge is 2.20. The molecule has 0 saturated heterocycles. The van der Waals surface area contributed by atoms with Crippen LogP contribution in [-0.2, 0) is 51.4 Å². The molecule has 0 radical (unpaired) electrons. The first-order chi connectivity index (χ1) is 21.6. The predicted octanol–water partition coefficient (Wildman–Crippen LogP) is -1.10. The van der Waals surface area contributed by atoms with E-state index in [1.165, 1.54) is 4.90 Å². The van der Waals surface area contributed by atoms with Crippen LogP contribution in [0.5, 0.6) is 0 Å². The first-order valence-electron chi connectivity index (χ1n) is 14.7. The molecule has 0 aliphatic rings. The van der Waals surface area contributed by atoms with Crippen molar-refractivity contribution in [1.82, 2.24) is 25.7 Å². The highest BCUT2D eigenvalue weighted by atomic mass is 16.7. The van der Waals surface area contributed by atoms with Gasteiger partial charge in [-0.25, -0.2) is 5.48 Å². The van der Waals surface area contributed by atoms with Crippen LogP contribution in [0.2, 0.25) is 0 Å². The summed E-state index contributed by atoms with van der Waals surface area (Å²) < 4.78 is 0. The average molecular weight is 655 g/mol. The number of hydrogen-bond donors (Lipinski definition) is 6. The molecule has 0 spiro atoms. The van der Waals surface area contributed by atoms with Crippen LogP contribution in [0.3, 0.4) is 0 Å². The second-order valence-corrected chi connectivity index (χ2v) is 11.0. The van der Waals surface area contributed by atoms with E-state index in [9.17, 15) is 28.8 Å². The number of hydrogen-bond acceptors (Lipinski definition) is 12. The quantitative estimate of drug-likeness (QED) is 0.0573. The number of nitrogens with one attached hydrogen (secondary N) is 2. The second-order valence-electron chi connectivity index (χ2n) is 11.0. The molecule has 0 unspecified atom stereocenters. The smallest absolute Gasteiger partial charge is 0.322 e. The summed E-state index contributed by atoms with van der Waals surface area (Å²) in [7, 11) is 0. The molecule has 17 heteroatoms. The Kier molecular flexibility index (Phi) is 18.7. The van der Waals surface area contributed by atoms with Gasteiger partial charge >= 0.3 is 23.9 Å². The van der Waals surface area contributed by atoms with E-state index in [1.54, 1.807) is 4.90 Å². The van der Waals surface area contributed by atoms with Crippen LogP contribution >= 0.6 is 0 Å². The van der Waals surface area contributed by atoms with Crippen LogP contribution in [0.4, 0.5) is 0 Å². The Balaban J connectivity index is 2.71. The van der Waals surface area contributed by atoms with Crippen molar-refractivity contribution in [3.05, 3.63) is 35.4 Å². The first kappa shape index (κ1) is 39.9. The van der Waals surface area contributed by atoms with Gasteiger partial charge in [0.15, 0.2) is 0 Å². The molecule has 1 aromatic rings. The minimum Gasteiger partial charge on any atom is -0.480 e. The Morgan fingerprint density at radius 2 is 1.35 bits per heavy atom. The van der Waals surface area contributed by atoms with E-state index in [2.05, 4.69) is 10.8 Å². The summed E-state index contributed by atoms with van der Waals surface area (Å²) in [5, 5.41) is 31.0. The Hall–Kier alpha value is -4.16. The number of amides is 2. The third kappa shape index (κ3) is 19.3. The third-order valence-corrected chi connectivity index (χ3v) is 6.29. The lowest BCUT2D eigenvalue weighted by Crippen LogP contribution is -2.46. The fourth-order valence-electron chi connectivity index (χ4n) is 4.16. The standard InChI is InChI=1S/C29H46N6O11/c1-20(2)14-24(30)29(44)32-45-13-8-22-4-6-23(7-5-22)15-31-25(37)16-33(9-10-34(17-26(38)39)18-27(40)41)11-12-35(19-28(42)43)46-21(3)36/h4-7,20,24H,8-19,30H2,1-3H3,(H,31,37)(H,32,44)(H,38,39)(H,40,41)(H,42,43)/t24-/m1/s1. The van der Waals surface area contributed by atoms with Crippen LogP contribution in [0.15, 0.2) is 24.3 Å². The SMILES string of the molecule is CC(=O)ON(CCN(CCN(CC(=O)O)CC(=O)O)CC(=O)NCc1ccc(CCONC(=O)[C@H](N)CC(C)C)cc1)CC(=O)O. The van der Waals surface area contributed by atoms with E-state index in [-0.39, 0.29) is 57.7 Å². The number of hydroxylamine groups is 3.